The molecule has 20 heavy (non-hydrogen) atoms. The number of nitrogens with zero attached hydrogens (tertiary/aromatic N) is 2. The van der Waals surface area contributed by atoms with Crippen LogP contribution in [0.5, 0.6) is 5.75 Å². The van der Waals surface area contributed by atoms with Gasteiger partial charge in [0.25, 0.3) is 5.91 Å². The van der Waals surface area contributed by atoms with Crippen molar-refractivity contribution in [2.75, 3.05) is 19.7 Å². The van der Waals surface area contributed by atoms with Crippen LogP contribution >= 0.6 is 0 Å². The van der Waals surface area contributed by atoms with E-state index < -0.39 is 0 Å². The molecule has 0 unspecified atom stereocenters. The second-order valence-corrected chi connectivity index (χ2v) is 5.05. The molecule has 0 atom stereocenters. The fraction of sp³-hybridized carbons (Fsp3) is 0.500. The number of para-hydroxylation sites is 1. The van der Waals surface area contributed by atoms with E-state index >= 15 is 0 Å². The summed E-state index contributed by atoms with van der Waals surface area (Å²) in [6, 6.07) is 9.06. The van der Waals surface area contributed by atoms with E-state index in [1.54, 1.807) is 24.3 Å². The predicted molar refractivity (Wildman–Crippen MR) is 76.3 cm³/mol. The molecule has 0 aromatic heterocycles. The van der Waals surface area contributed by atoms with Gasteiger partial charge < -0.3 is 9.64 Å². The molecule has 4 heteroatoms. The number of hydrogen-bond acceptors (Lipinski definition) is 3. The maximum atomic E-state index is 12.2. The van der Waals surface area contributed by atoms with Gasteiger partial charge in [-0.25, -0.2) is 0 Å². The molecule has 0 aliphatic carbocycles. The molecule has 1 saturated heterocycles. The highest BCUT2D eigenvalue weighted by atomic mass is 16.5. The Morgan fingerprint density at radius 3 is 2.50 bits per heavy atom. The van der Waals surface area contributed by atoms with Crippen molar-refractivity contribution in [2.24, 2.45) is 0 Å². The maximum absolute atomic E-state index is 12.2. The summed E-state index contributed by atoms with van der Waals surface area (Å²) in [6.45, 7) is 1.66. The topological polar surface area (TPSA) is 53.3 Å². The van der Waals surface area contributed by atoms with E-state index in [2.05, 4.69) is 6.07 Å². The van der Waals surface area contributed by atoms with E-state index in [4.69, 9.17) is 10.00 Å². The van der Waals surface area contributed by atoms with E-state index in [1.165, 1.54) is 19.3 Å². The van der Waals surface area contributed by atoms with Gasteiger partial charge in [-0.15, -0.1) is 0 Å². The fourth-order valence-electron chi connectivity index (χ4n) is 2.41. The number of likely N-dealkylation sites (tertiary alicyclic amines) is 1. The summed E-state index contributed by atoms with van der Waals surface area (Å²) >= 11 is 0. The van der Waals surface area contributed by atoms with E-state index in [-0.39, 0.29) is 12.5 Å². The molecule has 0 saturated carbocycles. The van der Waals surface area contributed by atoms with Crippen molar-refractivity contribution in [3.63, 3.8) is 0 Å². The van der Waals surface area contributed by atoms with Crippen LogP contribution < -0.4 is 4.74 Å². The highest BCUT2D eigenvalue weighted by molar-refractivity contribution is 5.77. The molecule has 1 fully saturated rings. The minimum absolute atomic E-state index is 0.0126. The van der Waals surface area contributed by atoms with Crippen molar-refractivity contribution < 1.29 is 9.53 Å². The van der Waals surface area contributed by atoms with E-state index in [1.807, 2.05) is 4.90 Å². The standard InChI is InChI=1S/C16H20N2O2/c17-12-14-8-4-5-9-15(14)20-13-16(19)18-10-6-2-1-3-7-11-18/h4-5,8-9H,1-3,6-7,10-11,13H2. The summed E-state index contributed by atoms with van der Waals surface area (Å²) in [7, 11) is 0. The lowest BCUT2D eigenvalue weighted by molar-refractivity contribution is -0.133. The van der Waals surface area contributed by atoms with Gasteiger partial charge in [-0.3, -0.25) is 4.79 Å². The Bertz CT molecular complexity index is 485. The normalized spacial score (nSPS) is 15.8. The molecule has 1 aromatic carbocycles. The first-order valence-electron chi connectivity index (χ1n) is 7.21. The smallest absolute Gasteiger partial charge is 0.260 e. The first-order valence-corrected chi connectivity index (χ1v) is 7.21. The van der Waals surface area contributed by atoms with Gasteiger partial charge in [0, 0.05) is 13.1 Å². The second-order valence-electron chi connectivity index (χ2n) is 5.05. The number of benzene rings is 1. The molecule has 4 nitrogen and oxygen atoms in total. The zero-order valence-corrected chi connectivity index (χ0v) is 11.7. The molecule has 1 amide bonds. The highest BCUT2D eigenvalue weighted by Crippen LogP contribution is 2.17. The van der Waals surface area contributed by atoms with E-state index in [0.29, 0.717) is 11.3 Å². The van der Waals surface area contributed by atoms with Crippen LogP contribution in [0.3, 0.4) is 0 Å². The summed E-state index contributed by atoms with van der Waals surface area (Å²) in [5, 5.41) is 8.98. The lowest BCUT2D eigenvalue weighted by atomic mass is 10.1. The van der Waals surface area contributed by atoms with E-state index in [0.717, 1.165) is 25.9 Å². The number of rotatable bonds is 3. The van der Waals surface area contributed by atoms with Crippen LogP contribution in [0.15, 0.2) is 24.3 Å². The quantitative estimate of drug-likeness (QED) is 0.850. The Morgan fingerprint density at radius 2 is 1.80 bits per heavy atom. The highest BCUT2D eigenvalue weighted by Gasteiger charge is 2.15. The molecule has 1 aliphatic rings. The molecule has 2 rings (SSSR count). The molecule has 106 valence electrons. The average molecular weight is 272 g/mol. The minimum Gasteiger partial charge on any atom is -0.482 e. The summed E-state index contributed by atoms with van der Waals surface area (Å²) in [5.74, 6) is 0.495. The van der Waals surface area contributed by atoms with Gasteiger partial charge in [0.1, 0.15) is 11.8 Å². The first-order chi connectivity index (χ1) is 9.81. The first kappa shape index (κ1) is 14.4. The van der Waals surface area contributed by atoms with Crippen LogP contribution in [0.4, 0.5) is 0 Å². The van der Waals surface area contributed by atoms with Gasteiger partial charge in [-0.2, -0.15) is 5.26 Å². The number of carbonyl (C=O) groups excluding carboxylic acids is 1. The molecule has 1 aromatic rings. The summed E-state index contributed by atoms with van der Waals surface area (Å²) in [5.41, 5.74) is 0.466. The van der Waals surface area contributed by atoms with Crippen LogP contribution in [0.25, 0.3) is 0 Å². The Kier molecular flexibility index (Phi) is 5.43. The van der Waals surface area contributed by atoms with Crippen molar-refractivity contribution in [2.45, 2.75) is 32.1 Å². The van der Waals surface area contributed by atoms with Gasteiger partial charge in [-0.1, -0.05) is 31.4 Å². The lowest BCUT2D eigenvalue weighted by Gasteiger charge is -2.24. The Labute approximate surface area is 120 Å². The predicted octanol–water partition coefficient (Wildman–Crippen LogP) is 2.73. The summed E-state index contributed by atoms with van der Waals surface area (Å²) in [4.78, 5) is 14.0. The van der Waals surface area contributed by atoms with Gasteiger partial charge in [0.2, 0.25) is 0 Å². The summed E-state index contributed by atoms with van der Waals surface area (Å²) < 4.78 is 5.50. The average Bonchev–Trinajstić information content (AvgIpc) is 2.44. The SMILES string of the molecule is N#Cc1ccccc1OCC(=O)N1CCCCCCC1. The minimum atomic E-state index is 0.0126. The third-order valence-electron chi connectivity index (χ3n) is 3.57. The Morgan fingerprint density at radius 1 is 1.15 bits per heavy atom. The Balaban J connectivity index is 1.89. The fourth-order valence-corrected chi connectivity index (χ4v) is 2.41. The van der Waals surface area contributed by atoms with Crippen molar-refractivity contribution in [1.29, 1.82) is 5.26 Å². The van der Waals surface area contributed by atoms with Gasteiger partial charge in [0.15, 0.2) is 6.61 Å². The zero-order valence-electron chi connectivity index (χ0n) is 11.7. The van der Waals surface area contributed by atoms with Crippen LogP contribution in [-0.2, 0) is 4.79 Å². The van der Waals surface area contributed by atoms with Crippen LogP contribution in [0.2, 0.25) is 0 Å². The number of carbonyl (C=O) groups is 1. The Hall–Kier alpha value is -2.02. The number of hydrogen-bond donors (Lipinski definition) is 0. The van der Waals surface area contributed by atoms with Crippen molar-refractivity contribution in [3.8, 4) is 11.8 Å². The van der Waals surface area contributed by atoms with Crippen LogP contribution in [-0.4, -0.2) is 30.5 Å². The number of amides is 1. The van der Waals surface area contributed by atoms with E-state index in [9.17, 15) is 4.79 Å². The summed E-state index contributed by atoms with van der Waals surface area (Å²) in [6.07, 6.45) is 5.80. The molecule has 0 radical (unpaired) electrons. The third-order valence-corrected chi connectivity index (χ3v) is 3.57. The molecular weight excluding hydrogens is 252 g/mol. The van der Waals surface area contributed by atoms with Crippen LogP contribution in [0.1, 0.15) is 37.7 Å². The molecule has 0 N–H and O–H groups in total. The lowest BCUT2D eigenvalue weighted by Crippen LogP contribution is -2.37. The largest absolute Gasteiger partial charge is 0.482 e. The van der Waals surface area contributed by atoms with Crippen LogP contribution in [0, 0.1) is 11.3 Å². The van der Waals surface area contributed by atoms with Gasteiger partial charge >= 0.3 is 0 Å². The molecule has 1 aliphatic heterocycles. The molecule has 1 heterocycles. The molecule has 0 spiro atoms. The van der Waals surface area contributed by atoms with Crippen molar-refractivity contribution in [3.05, 3.63) is 29.8 Å². The molecule has 0 bridgehead atoms. The zero-order chi connectivity index (χ0) is 14.2. The van der Waals surface area contributed by atoms with Gasteiger partial charge in [-0.05, 0) is 25.0 Å². The van der Waals surface area contributed by atoms with Gasteiger partial charge in [0.05, 0.1) is 5.56 Å². The number of nitriles is 1. The third kappa shape index (κ3) is 3.99. The maximum Gasteiger partial charge on any atom is 0.260 e. The monoisotopic (exact) mass is 272 g/mol. The molecular formula is C16H20N2O2. The second kappa shape index (κ2) is 7.54. The van der Waals surface area contributed by atoms with Crippen molar-refractivity contribution >= 4 is 5.91 Å². The number of ether oxygens (including phenoxy) is 1. The van der Waals surface area contributed by atoms with Crippen molar-refractivity contribution in [1.82, 2.24) is 4.90 Å².